The van der Waals surface area contributed by atoms with Gasteiger partial charge in [0.05, 0.1) is 16.6 Å². The maximum atomic E-state index is 13.2. The SMILES string of the molecule is C[C@H](c1ccccc1)N(CC(=O)Nc1ccc(Cl)c(Cl)c1)S(=O)(=O)/C=C/c1ccccc1. The lowest BCUT2D eigenvalue weighted by molar-refractivity contribution is -0.116. The van der Waals surface area contributed by atoms with E-state index in [1.807, 2.05) is 48.5 Å². The molecule has 0 spiro atoms. The van der Waals surface area contributed by atoms with Crippen molar-refractivity contribution in [2.24, 2.45) is 0 Å². The highest BCUT2D eigenvalue weighted by Crippen LogP contribution is 2.26. The molecule has 0 unspecified atom stereocenters. The zero-order valence-electron chi connectivity index (χ0n) is 17.3. The molecule has 1 amide bonds. The van der Waals surface area contributed by atoms with Crippen molar-refractivity contribution >= 4 is 50.9 Å². The molecule has 32 heavy (non-hydrogen) atoms. The van der Waals surface area contributed by atoms with E-state index in [9.17, 15) is 13.2 Å². The normalized spacial score (nSPS) is 12.8. The van der Waals surface area contributed by atoms with Gasteiger partial charge in [-0.3, -0.25) is 4.79 Å². The van der Waals surface area contributed by atoms with E-state index in [1.54, 1.807) is 31.2 Å². The van der Waals surface area contributed by atoms with Crippen molar-refractivity contribution in [1.82, 2.24) is 4.31 Å². The molecule has 3 rings (SSSR count). The van der Waals surface area contributed by atoms with E-state index < -0.39 is 22.0 Å². The van der Waals surface area contributed by atoms with E-state index in [1.165, 1.54) is 12.1 Å². The second-order valence-electron chi connectivity index (χ2n) is 7.07. The van der Waals surface area contributed by atoms with Gasteiger partial charge >= 0.3 is 0 Å². The lowest BCUT2D eigenvalue weighted by Crippen LogP contribution is -2.38. The third-order valence-electron chi connectivity index (χ3n) is 4.78. The van der Waals surface area contributed by atoms with Crippen LogP contribution in [0, 0.1) is 0 Å². The molecule has 0 bridgehead atoms. The quantitative estimate of drug-likeness (QED) is 0.422. The highest BCUT2D eigenvalue weighted by molar-refractivity contribution is 7.92. The Morgan fingerprint density at radius 2 is 1.59 bits per heavy atom. The van der Waals surface area contributed by atoms with E-state index in [0.717, 1.165) is 20.8 Å². The summed E-state index contributed by atoms with van der Waals surface area (Å²) in [6.45, 7) is 1.37. The summed E-state index contributed by atoms with van der Waals surface area (Å²) in [7, 11) is -3.93. The zero-order valence-corrected chi connectivity index (χ0v) is 19.6. The minimum atomic E-state index is -3.93. The molecule has 0 aliphatic heterocycles. The average molecular weight is 489 g/mol. The van der Waals surface area contributed by atoms with Gasteiger partial charge in [-0.15, -0.1) is 0 Å². The van der Waals surface area contributed by atoms with Gasteiger partial charge in [0, 0.05) is 17.1 Å². The molecule has 0 aliphatic rings. The van der Waals surface area contributed by atoms with Crippen molar-refractivity contribution in [2.75, 3.05) is 11.9 Å². The van der Waals surface area contributed by atoms with E-state index in [-0.39, 0.29) is 11.6 Å². The minimum absolute atomic E-state index is 0.289. The molecule has 0 heterocycles. The highest BCUT2D eigenvalue weighted by Gasteiger charge is 2.28. The Bertz CT molecular complexity index is 1200. The predicted molar refractivity (Wildman–Crippen MR) is 131 cm³/mol. The molecule has 0 aromatic heterocycles. The van der Waals surface area contributed by atoms with Crippen LogP contribution in [0.5, 0.6) is 0 Å². The number of hydrogen-bond donors (Lipinski definition) is 1. The Kier molecular flexibility index (Phi) is 8.10. The standard InChI is InChI=1S/C24H22Cl2N2O3S/c1-18(20-10-6-3-7-11-20)28(32(30,31)15-14-19-8-4-2-5-9-19)17-24(29)27-21-12-13-22(25)23(26)16-21/h2-16,18H,17H2,1H3,(H,27,29)/b15-14+/t18-/m1/s1. The first-order valence-electron chi connectivity index (χ1n) is 9.81. The summed E-state index contributed by atoms with van der Waals surface area (Å²) < 4.78 is 27.6. The van der Waals surface area contributed by atoms with Crippen molar-refractivity contribution in [2.45, 2.75) is 13.0 Å². The molecule has 3 aromatic carbocycles. The summed E-state index contributed by atoms with van der Waals surface area (Å²) in [6.07, 6.45) is 1.51. The van der Waals surface area contributed by atoms with Crippen LogP contribution in [0.25, 0.3) is 6.08 Å². The maximum Gasteiger partial charge on any atom is 0.239 e. The van der Waals surface area contributed by atoms with Crippen molar-refractivity contribution in [3.05, 3.63) is 105 Å². The smallest absolute Gasteiger partial charge is 0.239 e. The second-order valence-corrected chi connectivity index (χ2v) is 9.65. The Balaban J connectivity index is 1.86. The number of amides is 1. The summed E-state index contributed by atoms with van der Waals surface area (Å²) >= 11 is 11.9. The van der Waals surface area contributed by atoms with E-state index >= 15 is 0 Å². The van der Waals surface area contributed by atoms with Crippen LogP contribution in [0.1, 0.15) is 24.1 Å². The first kappa shape index (κ1) is 24.0. The average Bonchev–Trinajstić information content (AvgIpc) is 2.79. The number of halogens is 2. The molecule has 1 N–H and O–H groups in total. The molecule has 8 heteroatoms. The van der Waals surface area contributed by atoms with Gasteiger partial charge in [0.2, 0.25) is 15.9 Å². The topological polar surface area (TPSA) is 66.5 Å². The van der Waals surface area contributed by atoms with Crippen LogP contribution in [-0.2, 0) is 14.8 Å². The van der Waals surface area contributed by atoms with Gasteiger partial charge in [-0.1, -0.05) is 83.9 Å². The van der Waals surface area contributed by atoms with Crippen LogP contribution in [0.2, 0.25) is 10.0 Å². The monoisotopic (exact) mass is 488 g/mol. The van der Waals surface area contributed by atoms with Gasteiger partial charge in [-0.05, 0) is 42.3 Å². The Labute approximate surface area is 198 Å². The molecule has 0 aliphatic carbocycles. The van der Waals surface area contributed by atoms with Crippen molar-refractivity contribution in [3.8, 4) is 0 Å². The van der Waals surface area contributed by atoms with Gasteiger partial charge in [0.1, 0.15) is 0 Å². The fourth-order valence-corrected chi connectivity index (χ4v) is 4.71. The summed E-state index contributed by atoms with van der Waals surface area (Å²) in [5, 5.41) is 4.45. The fourth-order valence-electron chi connectivity index (χ4n) is 3.07. The second kappa shape index (κ2) is 10.8. The maximum absolute atomic E-state index is 13.2. The van der Waals surface area contributed by atoms with E-state index in [0.29, 0.717) is 10.7 Å². The number of nitrogens with zero attached hydrogens (tertiary/aromatic N) is 1. The highest BCUT2D eigenvalue weighted by atomic mass is 35.5. The number of anilines is 1. The van der Waals surface area contributed by atoms with Crippen molar-refractivity contribution in [3.63, 3.8) is 0 Å². The fraction of sp³-hybridized carbons (Fsp3) is 0.125. The summed E-state index contributed by atoms with van der Waals surface area (Å²) in [6, 6.07) is 22.3. The van der Waals surface area contributed by atoms with Crippen molar-refractivity contribution < 1.29 is 13.2 Å². The predicted octanol–water partition coefficient (Wildman–Crippen LogP) is 6.00. The Morgan fingerprint density at radius 1 is 0.969 bits per heavy atom. The van der Waals surface area contributed by atoms with Crippen LogP contribution in [-0.4, -0.2) is 25.2 Å². The molecule has 3 aromatic rings. The number of nitrogens with one attached hydrogen (secondary N) is 1. The third kappa shape index (κ3) is 6.43. The van der Waals surface area contributed by atoms with E-state index in [2.05, 4.69) is 5.32 Å². The van der Waals surface area contributed by atoms with Crippen LogP contribution in [0.3, 0.4) is 0 Å². The molecule has 0 saturated carbocycles. The Morgan fingerprint density at radius 3 is 2.22 bits per heavy atom. The van der Waals surface area contributed by atoms with Crippen LogP contribution in [0.15, 0.2) is 84.3 Å². The first-order valence-corrected chi connectivity index (χ1v) is 12.1. The first-order chi connectivity index (χ1) is 15.3. The minimum Gasteiger partial charge on any atom is -0.325 e. The lowest BCUT2D eigenvalue weighted by Gasteiger charge is -2.27. The summed E-state index contributed by atoms with van der Waals surface area (Å²) in [5.74, 6) is -0.497. The van der Waals surface area contributed by atoms with Crippen LogP contribution >= 0.6 is 23.2 Å². The third-order valence-corrected chi connectivity index (χ3v) is 7.09. The molecular weight excluding hydrogens is 467 g/mol. The van der Waals surface area contributed by atoms with Gasteiger partial charge in [-0.2, -0.15) is 4.31 Å². The molecule has 0 saturated heterocycles. The molecule has 166 valence electrons. The molecule has 5 nitrogen and oxygen atoms in total. The van der Waals surface area contributed by atoms with Crippen LogP contribution in [0.4, 0.5) is 5.69 Å². The molecular formula is C24H22Cl2N2O3S. The van der Waals surface area contributed by atoms with Crippen molar-refractivity contribution in [1.29, 1.82) is 0 Å². The van der Waals surface area contributed by atoms with Crippen LogP contribution < -0.4 is 5.32 Å². The lowest BCUT2D eigenvalue weighted by atomic mass is 10.1. The largest absolute Gasteiger partial charge is 0.325 e. The zero-order chi connectivity index (χ0) is 23.1. The van der Waals surface area contributed by atoms with Gasteiger partial charge in [0.25, 0.3) is 0 Å². The number of hydrogen-bond acceptors (Lipinski definition) is 3. The van der Waals surface area contributed by atoms with Gasteiger partial charge in [0.15, 0.2) is 0 Å². The van der Waals surface area contributed by atoms with Gasteiger partial charge < -0.3 is 5.32 Å². The number of sulfonamides is 1. The number of carbonyl (C=O) groups is 1. The Hall–Kier alpha value is -2.64. The molecule has 0 fully saturated rings. The molecule has 1 atom stereocenters. The van der Waals surface area contributed by atoms with Gasteiger partial charge in [-0.25, -0.2) is 8.42 Å². The number of carbonyl (C=O) groups excluding carboxylic acids is 1. The molecule has 0 radical (unpaired) electrons. The summed E-state index contributed by atoms with van der Waals surface area (Å²) in [4.78, 5) is 12.8. The summed E-state index contributed by atoms with van der Waals surface area (Å²) in [5.41, 5.74) is 1.93. The van der Waals surface area contributed by atoms with E-state index in [4.69, 9.17) is 23.2 Å². The number of benzene rings is 3. The number of rotatable bonds is 8.